The standard InChI is InChI=1S/C20H14N4O3/c1-25-19-5-2-13(10-23-19)12-26-15-3-4-18-17(8-15)24-20(27-18)16-6-7-22-11-14(16)9-21/h2-8,10-11H,12H2,1H3. The largest absolute Gasteiger partial charge is 0.489 e. The van der Waals surface area contributed by atoms with Crippen LogP contribution >= 0.6 is 0 Å². The number of fused-ring (bicyclic) bond motifs is 1. The Labute approximate surface area is 154 Å². The number of hydrogen-bond acceptors (Lipinski definition) is 7. The van der Waals surface area contributed by atoms with E-state index in [-0.39, 0.29) is 0 Å². The third-order valence-corrected chi connectivity index (χ3v) is 3.94. The van der Waals surface area contributed by atoms with Gasteiger partial charge in [-0.2, -0.15) is 5.26 Å². The van der Waals surface area contributed by atoms with Gasteiger partial charge in [0.2, 0.25) is 11.8 Å². The molecule has 0 fully saturated rings. The molecular weight excluding hydrogens is 344 g/mol. The number of hydrogen-bond donors (Lipinski definition) is 0. The average Bonchev–Trinajstić information content (AvgIpc) is 3.15. The van der Waals surface area contributed by atoms with Crippen molar-refractivity contribution in [3.8, 4) is 29.2 Å². The molecule has 7 heteroatoms. The third-order valence-electron chi connectivity index (χ3n) is 3.94. The second kappa shape index (κ2) is 7.14. The highest BCUT2D eigenvalue weighted by atomic mass is 16.5. The molecule has 1 aromatic carbocycles. The van der Waals surface area contributed by atoms with E-state index in [0.29, 0.717) is 46.4 Å². The van der Waals surface area contributed by atoms with Crippen molar-refractivity contribution in [1.82, 2.24) is 15.0 Å². The van der Waals surface area contributed by atoms with Crippen LogP contribution in [-0.2, 0) is 6.61 Å². The van der Waals surface area contributed by atoms with Crippen molar-refractivity contribution in [2.45, 2.75) is 6.61 Å². The minimum absolute atomic E-state index is 0.371. The van der Waals surface area contributed by atoms with Gasteiger partial charge in [0.1, 0.15) is 23.9 Å². The van der Waals surface area contributed by atoms with Crippen molar-refractivity contribution in [3.63, 3.8) is 0 Å². The first kappa shape index (κ1) is 16.5. The number of ether oxygens (including phenoxy) is 2. The molecule has 0 bridgehead atoms. The second-order valence-corrected chi connectivity index (χ2v) is 5.68. The highest BCUT2D eigenvalue weighted by molar-refractivity contribution is 5.78. The summed E-state index contributed by atoms with van der Waals surface area (Å²) in [7, 11) is 1.57. The lowest BCUT2D eigenvalue weighted by molar-refractivity contribution is 0.305. The summed E-state index contributed by atoms with van der Waals surface area (Å²) in [6.07, 6.45) is 4.79. The Bertz CT molecular complexity index is 1130. The molecular formula is C20H14N4O3. The van der Waals surface area contributed by atoms with E-state index in [0.717, 1.165) is 5.56 Å². The smallest absolute Gasteiger partial charge is 0.228 e. The predicted molar refractivity (Wildman–Crippen MR) is 97.1 cm³/mol. The molecule has 0 aliphatic heterocycles. The molecule has 0 amide bonds. The fraction of sp³-hybridized carbons (Fsp3) is 0.100. The Morgan fingerprint density at radius 3 is 2.85 bits per heavy atom. The van der Waals surface area contributed by atoms with Gasteiger partial charge in [-0.15, -0.1) is 0 Å². The van der Waals surface area contributed by atoms with E-state index in [4.69, 9.17) is 13.9 Å². The van der Waals surface area contributed by atoms with Crippen LogP contribution in [0.3, 0.4) is 0 Å². The number of pyridine rings is 2. The first-order chi connectivity index (χ1) is 13.3. The van der Waals surface area contributed by atoms with Gasteiger partial charge < -0.3 is 13.9 Å². The van der Waals surface area contributed by atoms with Crippen molar-refractivity contribution in [2.75, 3.05) is 7.11 Å². The lowest BCUT2D eigenvalue weighted by atomic mass is 10.1. The van der Waals surface area contributed by atoms with Crippen molar-refractivity contribution in [3.05, 3.63) is 66.1 Å². The second-order valence-electron chi connectivity index (χ2n) is 5.68. The first-order valence-corrected chi connectivity index (χ1v) is 8.13. The number of benzene rings is 1. The summed E-state index contributed by atoms with van der Waals surface area (Å²) in [5.41, 5.74) is 3.20. The Balaban J connectivity index is 1.56. The van der Waals surface area contributed by atoms with E-state index >= 15 is 0 Å². The Kier molecular flexibility index (Phi) is 4.37. The minimum Gasteiger partial charge on any atom is -0.489 e. The lowest BCUT2D eigenvalue weighted by Gasteiger charge is -2.06. The van der Waals surface area contributed by atoms with Crippen LogP contribution in [0.4, 0.5) is 0 Å². The SMILES string of the molecule is COc1ccc(COc2ccc3oc(-c4ccncc4C#N)nc3c2)cn1. The molecule has 132 valence electrons. The normalized spacial score (nSPS) is 10.5. The maximum atomic E-state index is 9.22. The van der Waals surface area contributed by atoms with Gasteiger partial charge in [0.05, 0.1) is 18.2 Å². The number of nitriles is 1. The van der Waals surface area contributed by atoms with Crippen LogP contribution in [-0.4, -0.2) is 22.1 Å². The van der Waals surface area contributed by atoms with Gasteiger partial charge in [-0.3, -0.25) is 4.98 Å². The number of aromatic nitrogens is 3. The Hall–Kier alpha value is -3.92. The Morgan fingerprint density at radius 1 is 1.15 bits per heavy atom. The minimum atomic E-state index is 0.371. The molecule has 27 heavy (non-hydrogen) atoms. The van der Waals surface area contributed by atoms with E-state index in [2.05, 4.69) is 21.0 Å². The fourth-order valence-electron chi connectivity index (χ4n) is 2.57. The van der Waals surface area contributed by atoms with Gasteiger partial charge in [0.15, 0.2) is 5.58 Å². The molecule has 0 radical (unpaired) electrons. The number of methoxy groups -OCH3 is 1. The number of nitrogens with zero attached hydrogens (tertiary/aromatic N) is 4. The maximum Gasteiger partial charge on any atom is 0.228 e. The molecule has 0 atom stereocenters. The molecule has 0 spiro atoms. The molecule has 0 N–H and O–H groups in total. The van der Waals surface area contributed by atoms with Crippen LogP contribution in [0.1, 0.15) is 11.1 Å². The molecule has 0 unspecified atom stereocenters. The van der Waals surface area contributed by atoms with Crippen molar-refractivity contribution in [1.29, 1.82) is 5.26 Å². The summed E-state index contributed by atoms with van der Waals surface area (Å²) in [5.74, 6) is 1.59. The van der Waals surface area contributed by atoms with E-state index in [1.54, 1.807) is 43.8 Å². The number of oxazole rings is 1. The molecule has 4 rings (SSSR count). The topological polar surface area (TPSA) is 94.1 Å². The quantitative estimate of drug-likeness (QED) is 0.536. The zero-order valence-electron chi connectivity index (χ0n) is 14.4. The van der Waals surface area contributed by atoms with Crippen LogP contribution in [0.2, 0.25) is 0 Å². The molecule has 0 aliphatic rings. The zero-order chi connectivity index (χ0) is 18.6. The average molecular weight is 358 g/mol. The summed E-state index contributed by atoms with van der Waals surface area (Å²) in [5, 5.41) is 9.22. The molecule has 7 nitrogen and oxygen atoms in total. The van der Waals surface area contributed by atoms with Crippen LogP contribution < -0.4 is 9.47 Å². The van der Waals surface area contributed by atoms with Gasteiger partial charge in [0.25, 0.3) is 0 Å². The summed E-state index contributed by atoms with van der Waals surface area (Å²) >= 11 is 0. The molecule has 3 aromatic heterocycles. The summed E-state index contributed by atoms with van der Waals surface area (Å²) < 4.78 is 16.6. The number of rotatable bonds is 5. The predicted octanol–water partition coefficient (Wildman–Crippen LogP) is 3.74. The first-order valence-electron chi connectivity index (χ1n) is 8.13. The van der Waals surface area contributed by atoms with Crippen molar-refractivity contribution in [2.24, 2.45) is 0 Å². The van der Waals surface area contributed by atoms with E-state index in [1.807, 2.05) is 12.1 Å². The van der Waals surface area contributed by atoms with E-state index in [9.17, 15) is 5.26 Å². The van der Waals surface area contributed by atoms with Gasteiger partial charge in [0, 0.05) is 36.3 Å². The fourth-order valence-corrected chi connectivity index (χ4v) is 2.57. The van der Waals surface area contributed by atoms with Gasteiger partial charge in [-0.05, 0) is 24.3 Å². The third kappa shape index (κ3) is 3.41. The van der Waals surface area contributed by atoms with Gasteiger partial charge in [-0.25, -0.2) is 9.97 Å². The van der Waals surface area contributed by atoms with E-state index < -0.39 is 0 Å². The molecule has 0 saturated heterocycles. The summed E-state index contributed by atoms with van der Waals surface area (Å²) in [6, 6.07) is 12.9. The van der Waals surface area contributed by atoms with Crippen molar-refractivity contribution < 1.29 is 13.9 Å². The van der Waals surface area contributed by atoms with Gasteiger partial charge >= 0.3 is 0 Å². The lowest BCUT2D eigenvalue weighted by Crippen LogP contribution is -1.96. The van der Waals surface area contributed by atoms with Crippen LogP contribution in [0.5, 0.6) is 11.6 Å². The molecule has 4 aromatic rings. The van der Waals surface area contributed by atoms with Gasteiger partial charge in [-0.1, -0.05) is 0 Å². The van der Waals surface area contributed by atoms with Crippen LogP contribution in [0, 0.1) is 11.3 Å². The maximum absolute atomic E-state index is 9.22. The zero-order valence-corrected chi connectivity index (χ0v) is 14.4. The molecule has 0 saturated carbocycles. The summed E-state index contributed by atoms with van der Waals surface area (Å²) in [6.45, 7) is 0.371. The van der Waals surface area contributed by atoms with Crippen molar-refractivity contribution >= 4 is 11.1 Å². The highest BCUT2D eigenvalue weighted by Crippen LogP contribution is 2.28. The van der Waals surface area contributed by atoms with E-state index in [1.165, 1.54) is 6.20 Å². The van der Waals surface area contributed by atoms with Crippen LogP contribution in [0.15, 0.2) is 59.4 Å². The highest BCUT2D eigenvalue weighted by Gasteiger charge is 2.13. The van der Waals surface area contributed by atoms with Crippen LogP contribution in [0.25, 0.3) is 22.6 Å². The summed E-state index contributed by atoms with van der Waals surface area (Å²) in [4.78, 5) is 12.6. The monoisotopic (exact) mass is 358 g/mol. The molecule has 3 heterocycles. The Morgan fingerprint density at radius 2 is 2.07 bits per heavy atom. The molecule has 0 aliphatic carbocycles.